The second-order valence-electron chi connectivity index (χ2n) is 2.91. The first-order valence-corrected chi connectivity index (χ1v) is 4.08. The summed E-state index contributed by atoms with van der Waals surface area (Å²) in [6.07, 6.45) is 3.76. The molecule has 0 saturated carbocycles. The number of guanidine groups is 1. The highest BCUT2D eigenvalue weighted by molar-refractivity contribution is 5.75. The third kappa shape index (κ3) is 3.23. The minimum Gasteiger partial charge on any atom is -0.370 e. The van der Waals surface area contributed by atoms with Crippen LogP contribution in [-0.4, -0.2) is 25.1 Å². The third-order valence-corrected chi connectivity index (χ3v) is 1.91. The monoisotopic (exact) mass is 156 g/mol. The van der Waals surface area contributed by atoms with Gasteiger partial charge in [0.2, 0.25) is 0 Å². The van der Waals surface area contributed by atoms with Crippen LogP contribution >= 0.6 is 0 Å². The van der Waals surface area contributed by atoms with Crippen LogP contribution in [0.25, 0.3) is 0 Å². The summed E-state index contributed by atoms with van der Waals surface area (Å²) in [5.41, 5.74) is 10.4. The molecule has 64 valence electrons. The van der Waals surface area contributed by atoms with Crippen molar-refractivity contribution < 1.29 is 0 Å². The van der Waals surface area contributed by atoms with Gasteiger partial charge in [-0.3, -0.25) is 4.99 Å². The number of nitrogens with one attached hydrogen (secondary N) is 1. The molecule has 4 nitrogen and oxygen atoms in total. The Hall–Kier alpha value is -0.770. The van der Waals surface area contributed by atoms with Crippen LogP contribution in [0.2, 0.25) is 0 Å². The maximum absolute atomic E-state index is 5.21. The van der Waals surface area contributed by atoms with Crippen LogP contribution in [0.5, 0.6) is 0 Å². The Morgan fingerprint density at radius 3 is 2.82 bits per heavy atom. The van der Waals surface area contributed by atoms with E-state index in [1.165, 1.54) is 19.3 Å². The van der Waals surface area contributed by atoms with Gasteiger partial charge in [0, 0.05) is 6.04 Å². The zero-order valence-corrected chi connectivity index (χ0v) is 6.71. The topological polar surface area (TPSA) is 76.4 Å². The lowest BCUT2D eigenvalue weighted by Crippen LogP contribution is -2.37. The molecule has 1 rings (SSSR count). The lowest BCUT2D eigenvalue weighted by Gasteiger charge is -2.21. The minimum absolute atomic E-state index is 0.192. The fourth-order valence-electron chi connectivity index (χ4n) is 1.30. The van der Waals surface area contributed by atoms with E-state index in [4.69, 9.17) is 11.5 Å². The van der Waals surface area contributed by atoms with E-state index >= 15 is 0 Å². The van der Waals surface area contributed by atoms with Gasteiger partial charge in [0.25, 0.3) is 0 Å². The fraction of sp³-hybridized carbons (Fsp3) is 0.857. The van der Waals surface area contributed by atoms with Crippen molar-refractivity contribution in [1.82, 2.24) is 5.32 Å². The number of hydrogen-bond acceptors (Lipinski definition) is 2. The highest BCUT2D eigenvalue weighted by atomic mass is 15.0. The highest BCUT2D eigenvalue weighted by Gasteiger charge is 2.10. The Morgan fingerprint density at radius 2 is 2.27 bits per heavy atom. The molecule has 1 aliphatic rings. The molecule has 0 radical (unpaired) electrons. The molecular formula is C7H16N4. The van der Waals surface area contributed by atoms with Crippen molar-refractivity contribution in [2.45, 2.75) is 25.3 Å². The van der Waals surface area contributed by atoms with Gasteiger partial charge < -0.3 is 16.8 Å². The van der Waals surface area contributed by atoms with Gasteiger partial charge in [-0.2, -0.15) is 0 Å². The smallest absolute Gasteiger partial charge is 0.185 e. The molecule has 0 bridgehead atoms. The number of piperidine rings is 1. The number of aliphatic imine (C=N–C) groups is 1. The summed E-state index contributed by atoms with van der Waals surface area (Å²) < 4.78 is 0. The average molecular weight is 156 g/mol. The molecule has 0 aromatic carbocycles. The van der Waals surface area contributed by atoms with Gasteiger partial charge in [-0.05, 0) is 19.4 Å². The van der Waals surface area contributed by atoms with Crippen LogP contribution < -0.4 is 16.8 Å². The summed E-state index contributed by atoms with van der Waals surface area (Å²) in [5.74, 6) is 0.192. The highest BCUT2D eigenvalue weighted by Crippen LogP contribution is 2.06. The van der Waals surface area contributed by atoms with Gasteiger partial charge in [-0.15, -0.1) is 0 Å². The fourth-order valence-corrected chi connectivity index (χ4v) is 1.30. The van der Waals surface area contributed by atoms with E-state index in [1.807, 2.05) is 0 Å². The Balaban J connectivity index is 2.19. The lowest BCUT2D eigenvalue weighted by molar-refractivity contribution is 0.408. The summed E-state index contributed by atoms with van der Waals surface area (Å²) in [6.45, 7) is 1.83. The van der Waals surface area contributed by atoms with E-state index < -0.39 is 0 Å². The zero-order chi connectivity index (χ0) is 8.10. The van der Waals surface area contributed by atoms with Gasteiger partial charge >= 0.3 is 0 Å². The molecular weight excluding hydrogens is 140 g/mol. The number of hydrogen-bond donors (Lipinski definition) is 3. The first-order valence-electron chi connectivity index (χ1n) is 4.08. The largest absolute Gasteiger partial charge is 0.370 e. The van der Waals surface area contributed by atoms with Crippen LogP contribution in [0, 0.1) is 0 Å². The molecule has 5 N–H and O–H groups in total. The van der Waals surface area contributed by atoms with E-state index in [0.717, 1.165) is 13.1 Å². The molecule has 11 heavy (non-hydrogen) atoms. The molecule has 1 atom stereocenters. The first kappa shape index (κ1) is 8.33. The lowest BCUT2D eigenvalue weighted by atomic mass is 10.1. The van der Waals surface area contributed by atoms with Crippen molar-refractivity contribution in [3.8, 4) is 0 Å². The predicted octanol–water partition coefficient (Wildman–Crippen LogP) is -0.598. The second-order valence-corrected chi connectivity index (χ2v) is 2.91. The van der Waals surface area contributed by atoms with Crippen LogP contribution in [-0.2, 0) is 0 Å². The Morgan fingerprint density at radius 1 is 1.45 bits per heavy atom. The summed E-state index contributed by atoms with van der Waals surface area (Å²) >= 11 is 0. The second kappa shape index (κ2) is 4.18. The average Bonchev–Trinajstić information content (AvgIpc) is 2.03. The van der Waals surface area contributed by atoms with Gasteiger partial charge in [-0.1, -0.05) is 6.42 Å². The number of nitrogens with two attached hydrogens (primary N) is 2. The quantitative estimate of drug-likeness (QED) is 0.369. The molecule has 4 heteroatoms. The standard InChI is InChI=1S/C7H16N4/c8-7(9)11-5-6-3-1-2-4-10-6/h6,10H,1-5H2,(H4,8,9,11)/t6-/m0/s1. The van der Waals surface area contributed by atoms with E-state index in [0.29, 0.717) is 6.04 Å². The molecule has 0 aromatic heterocycles. The molecule has 0 amide bonds. The molecule has 1 heterocycles. The summed E-state index contributed by atoms with van der Waals surface area (Å²) in [7, 11) is 0. The molecule has 1 aliphatic heterocycles. The van der Waals surface area contributed by atoms with Crippen molar-refractivity contribution in [3.05, 3.63) is 0 Å². The SMILES string of the molecule is NC(N)=NC[C@@H]1CCCCN1. The van der Waals surface area contributed by atoms with Gasteiger partial charge in [0.15, 0.2) is 5.96 Å². The van der Waals surface area contributed by atoms with Crippen molar-refractivity contribution in [3.63, 3.8) is 0 Å². The normalized spacial score (nSPS) is 24.5. The predicted molar refractivity (Wildman–Crippen MR) is 46.3 cm³/mol. The van der Waals surface area contributed by atoms with Gasteiger partial charge in [0.05, 0.1) is 6.54 Å². The van der Waals surface area contributed by atoms with Crippen molar-refractivity contribution in [2.24, 2.45) is 16.5 Å². The first-order chi connectivity index (χ1) is 5.29. The van der Waals surface area contributed by atoms with Gasteiger partial charge in [0.1, 0.15) is 0 Å². The van der Waals surface area contributed by atoms with Crippen LogP contribution in [0.1, 0.15) is 19.3 Å². The van der Waals surface area contributed by atoms with Crippen molar-refractivity contribution in [2.75, 3.05) is 13.1 Å². The Bertz CT molecular complexity index is 133. The van der Waals surface area contributed by atoms with Crippen molar-refractivity contribution in [1.29, 1.82) is 0 Å². The van der Waals surface area contributed by atoms with Crippen LogP contribution in [0.3, 0.4) is 0 Å². The Kier molecular flexibility index (Phi) is 3.16. The maximum atomic E-state index is 5.21. The zero-order valence-electron chi connectivity index (χ0n) is 6.71. The Labute approximate surface area is 67.0 Å². The van der Waals surface area contributed by atoms with Crippen LogP contribution in [0.15, 0.2) is 4.99 Å². The molecule has 0 spiro atoms. The summed E-state index contributed by atoms with van der Waals surface area (Å²) in [5, 5.41) is 3.36. The summed E-state index contributed by atoms with van der Waals surface area (Å²) in [4.78, 5) is 3.96. The molecule has 1 fully saturated rings. The summed E-state index contributed by atoms with van der Waals surface area (Å²) in [6, 6.07) is 0.492. The molecule has 0 unspecified atom stereocenters. The van der Waals surface area contributed by atoms with Gasteiger partial charge in [-0.25, -0.2) is 0 Å². The van der Waals surface area contributed by atoms with E-state index in [9.17, 15) is 0 Å². The van der Waals surface area contributed by atoms with Crippen LogP contribution in [0.4, 0.5) is 0 Å². The maximum Gasteiger partial charge on any atom is 0.185 e. The number of nitrogens with zero attached hydrogens (tertiary/aromatic N) is 1. The van der Waals surface area contributed by atoms with E-state index in [-0.39, 0.29) is 5.96 Å². The molecule has 1 saturated heterocycles. The molecule has 0 aliphatic carbocycles. The number of rotatable bonds is 2. The third-order valence-electron chi connectivity index (χ3n) is 1.91. The minimum atomic E-state index is 0.192. The molecule has 0 aromatic rings. The van der Waals surface area contributed by atoms with E-state index in [1.54, 1.807) is 0 Å². The van der Waals surface area contributed by atoms with Crippen molar-refractivity contribution >= 4 is 5.96 Å². The van der Waals surface area contributed by atoms with E-state index in [2.05, 4.69) is 10.3 Å².